The van der Waals surface area contributed by atoms with E-state index in [1.807, 2.05) is 18.2 Å². The van der Waals surface area contributed by atoms with E-state index in [-0.39, 0.29) is 11.9 Å². The van der Waals surface area contributed by atoms with Gasteiger partial charge in [0.2, 0.25) is 5.91 Å². The Labute approximate surface area is 165 Å². The Balaban J connectivity index is 1.65. The fraction of sp³-hybridized carbons (Fsp3) is 0.476. The molecule has 1 aromatic heterocycles. The third kappa shape index (κ3) is 4.62. The van der Waals surface area contributed by atoms with Crippen LogP contribution in [0.5, 0.6) is 11.5 Å². The molecule has 0 radical (unpaired) electrons. The van der Waals surface area contributed by atoms with Gasteiger partial charge in [-0.05, 0) is 48.5 Å². The number of hydrogen-bond acceptors (Lipinski definition) is 5. The second-order valence-corrected chi connectivity index (χ2v) is 7.73. The minimum absolute atomic E-state index is 0.216. The number of carbonyl (C=O) groups is 1. The number of carbonyl (C=O) groups excluding carboxylic acids is 1. The highest BCUT2D eigenvalue weighted by Crippen LogP contribution is 2.34. The minimum atomic E-state index is 0.216. The quantitative estimate of drug-likeness (QED) is 0.687. The van der Waals surface area contributed by atoms with E-state index in [4.69, 9.17) is 9.47 Å². The number of thiophene rings is 1. The summed E-state index contributed by atoms with van der Waals surface area (Å²) < 4.78 is 10.7. The Hall–Kier alpha value is -2.05. The molecule has 1 aliphatic heterocycles. The van der Waals surface area contributed by atoms with Crippen molar-refractivity contribution in [1.82, 2.24) is 9.80 Å². The molecule has 2 aromatic rings. The Bertz CT molecular complexity index is 748. The molecule has 0 saturated carbocycles. The lowest BCUT2D eigenvalue weighted by Crippen LogP contribution is -2.39. The van der Waals surface area contributed by atoms with Gasteiger partial charge in [-0.3, -0.25) is 9.69 Å². The monoisotopic (exact) mass is 388 g/mol. The summed E-state index contributed by atoms with van der Waals surface area (Å²) >= 11 is 1.74. The number of nitrogens with zero attached hydrogens (tertiary/aromatic N) is 2. The van der Waals surface area contributed by atoms with Crippen molar-refractivity contribution in [3.05, 3.63) is 46.2 Å². The summed E-state index contributed by atoms with van der Waals surface area (Å²) in [4.78, 5) is 18.5. The van der Waals surface area contributed by atoms with Gasteiger partial charge in [-0.1, -0.05) is 19.1 Å². The van der Waals surface area contributed by atoms with E-state index in [0.29, 0.717) is 13.1 Å². The van der Waals surface area contributed by atoms with Crippen molar-refractivity contribution in [3.8, 4) is 11.5 Å². The molecule has 6 heteroatoms. The third-order valence-electron chi connectivity index (χ3n) is 5.10. The number of likely N-dealkylation sites (tertiary alicyclic amines) is 1. The van der Waals surface area contributed by atoms with Gasteiger partial charge >= 0.3 is 0 Å². The Morgan fingerprint density at radius 3 is 2.74 bits per heavy atom. The normalized spacial score (nSPS) is 16.7. The molecule has 0 spiro atoms. The van der Waals surface area contributed by atoms with Gasteiger partial charge in [-0.2, -0.15) is 0 Å². The van der Waals surface area contributed by atoms with Crippen LogP contribution in [-0.2, 0) is 11.3 Å². The lowest BCUT2D eigenvalue weighted by molar-refractivity contribution is -0.133. The van der Waals surface area contributed by atoms with Gasteiger partial charge in [-0.15, -0.1) is 11.3 Å². The summed E-state index contributed by atoms with van der Waals surface area (Å²) in [7, 11) is 3.27. The molecule has 0 aliphatic carbocycles. The van der Waals surface area contributed by atoms with E-state index >= 15 is 0 Å². The predicted molar refractivity (Wildman–Crippen MR) is 109 cm³/mol. The Kier molecular flexibility index (Phi) is 6.74. The highest BCUT2D eigenvalue weighted by atomic mass is 32.1. The second-order valence-electron chi connectivity index (χ2n) is 6.75. The first kappa shape index (κ1) is 19.7. The van der Waals surface area contributed by atoms with Gasteiger partial charge in [0.15, 0.2) is 11.5 Å². The van der Waals surface area contributed by atoms with Crippen molar-refractivity contribution in [1.29, 1.82) is 0 Å². The molecule has 1 saturated heterocycles. The molecule has 1 atom stereocenters. The van der Waals surface area contributed by atoms with Crippen LogP contribution >= 0.6 is 11.3 Å². The fourth-order valence-electron chi connectivity index (χ4n) is 3.64. The number of rotatable bonds is 8. The van der Waals surface area contributed by atoms with Crippen molar-refractivity contribution in [2.45, 2.75) is 32.4 Å². The van der Waals surface area contributed by atoms with Crippen LogP contribution in [0.1, 0.15) is 36.2 Å². The van der Waals surface area contributed by atoms with Crippen LogP contribution in [0.3, 0.4) is 0 Å². The standard InChI is InChI=1S/C21H28N2O3S/c1-4-22(14-16-9-10-18(25-2)19(13-16)26-3)15-21(24)23-11-5-7-17(23)20-8-6-12-27-20/h6,8-10,12-13,17H,4-5,7,11,14-15H2,1-3H3. The van der Waals surface area contributed by atoms with E-state index < -0.39 is 0 Å². The third-order valence-corrected chi connectivity index (χ3v) is 6.08. The zero-order valence-electron chi connectivity index (χ0n) is 16.3. The van der Waals surface area contributed by atoms with Gasteiger partial charge in [0, 0.05) is 18.0 Å². The average molecular weight is 389 g/mol. The number of amides is 1. The number of benzene rings is 1. The molecule has 1 aliphatic rings. The maximum atomic E-state index is 13.0. The van der Waals surface area contributed by atoms with E-state index in [1.165, 1.54) is 4.88 Å². The van der Waals surface area contributed by atoms with Crippen LogP contribution in [0.4, 0.5) is 0 Å². The van der Waals surface area contributed by atoms with E-state index in [2.05, 4.69) is 34.2 Å². The SMILES string of the molecule is CCN(CC(=O)N1CCCC1c1cccs1)Cc1ccc(OC)c(OC)c1. The molecule has 5 nitrogen and oxygen atoms in total. The van der Waals surface area contributed by atoms with Gasteiger partial charge in [-0.25, -0.2) is 0 Å². The molecular weight excluding hydrogens is 360 g/mol. The number of ether oxygens (including phenoxy) is 2. The first-order valence-corrected chi connectivity index (χ1v) is 10.3. The number of hydrogen-bond donors (Lipinski definition) is 0. The molecule has 27 heavy (non-hydrogen) atoms. The van der Waals surface area contributed by atoms with Crippen LogP contribution in [-0.4, -0.2) is 49.6 Å². The smallest absolute Gasteiger partial charge is 0.237 e. The molecule has 1 unspecified atom stereocenters. The van der Waals surface area contributed by atoms with Gasteiger partial charge in [0.25, 0.3) is 0 Å². The van der Waals surface area contributed by atoms with Crippen molar-refractivity contribution < 1.29 is 14.3 Å². The largest absolute Gasteiger partial charge is 0.493 e. The van der Waals surface area contributed by atoms with Crippen molar-refractivity contribution >= 4 is 17.2 Å². The van der Waals surface area contributed by atoms with E-state index in [9.17, 15) is 4.79 Å². The summed E-state index contributed by atoms with van der Waals surface area (Å²) in [6.45, 7) is 4.91. The first-order valence-electron chi connectivity index (χ1n) is 9.42. The van der Waals surface area contributed by atoms with Crippen LogP contribution < -0.4 is 9.47 Å². The highest BCUT2D eigenvalue weighted by Gasteiger charge is 2.31. The molecule has 146 valence electrons. The maximum absolute atomic E-state index is 13.0. The summed E-state index contributed by atoms with van der Waals surface area (Å²) in [6, 6.07) is 10.4. The van der Waals surface area contributed by atoms with Gasteiger partial charge in [0.05, 0.1) is 26.8 Å². The molecule has 1 fully saturated rings. The zero-order valence-corrected chi connectivity index (χ0v) is 17.1. The first-order chi connectivity index (χ1) is 13.2. The van der Waals surface area contributed by atoms with Gasteiger partial charge in [0.1, 0.15) is 0 Å². The molecule has 3 rings (SSSR count). The molecule has 1 amide bonds. The highest BCUT2D eigenvalue weighted by molar-refractivity contribution is 7.10. The minimum Gasteiger partial charge on any atom is -0.493 e. The Morgan fingerprint density at radius 1 is 1.26 bits per heavy atom. The van der Waals surface area contributed by atoms with Crippen molar-refractivity contribution in [3.63, 3.8) is 0 Å². The lowest BCUT2D eigenvalue weighted by atomic mass is 10.1. The zero-order chi connectivity index (χ0) is 19.2. The molecule has 2 heterocycles. The molecule has 0 N–H and O–H groups in total. The fourth-order valence-corrected chi connectivity index (χ4v) is 4.51. The molecule has 1 aromatic carbocycles. The maximum Gasteiger partial charge on any atom is 0.237 e. The molecule has 0 bridgehead atoms. The topological polar surface area (TPSA) is 42.0 Å². The van der Waals surface area contributed by atoms with Crippen molar-refractivity contribution in [2.75, 3.05) is 33.9 Å². The van der Waals surface area contributed by atoms with E-state index in [0.717, 1.165) is 43.0 Å². The number of methoxy groups -OCH3 is 2. The Morgan fingerprint density at radius 2 is 2.07 bits per heavy atom. The van der Waals surface area contributed by atoms with Crippen LogP contribution in [0.15, 0.2) is 35.7 Å². The summed E-state index contributed by atoms with van der Waals surface area (Å²) in [5.41, 5.74) is 1.11. The summed E-state index contributed by atoms with van der Waals surface area (Å²) in [5.74, 6) is 1.65. The van der Waals surface area contributed by atoms with Crippen LogP contribution in [0, 0.1) is 0 Å². The summed E-state index contributed by atoms with van der Waals surface area (Å²) in [5, 5.41) is 2.09. The second kappa shape index (κ2) is 9.24. The molecular formula is C21H28N2O3S. The number of likely N-dealkylation sites (N-methyl/N-ethyl adjacent to an activating group) is 1. The summed E-state index contributed by atoms with van der Waals surface area (Å²) in [6.07, 6.45) is 2.14. The van der Waals surface area contributed by atoms with Gasteiger partial charge < -0.3 is 14.4 Å². The van der Waals surface area contributed by atoms with E-state index in [1.54, 1.807) is 25.6 Å². The predicted octanol–water partition coefficient (Wildman–Crippen LogP) is 3.95. The van der Waals surface area contributed by atoms with Crippen molar-refractivity contribution in [2.24, 2.45) is 0 Å². The lowest BCUT2D eigenvalue weighted by Gasteiger charge is -2.28. The van der Waals surface area contributed by atoms with Crippen LogP contribution in [0.25, 0.3) is 0 Å². The average Bonchev–Trinajstić information content (AvgIpc) is 3.38. The van der Waals surface area contributed by atoms with Crippen LogP contribution in [0.2, 0.25) is 0 Å².